The van der Waals surface area contributed by atoms with Crippen molar-refractivity contribution < 1.29 is 4.39 Å². The SMILES string of the molecule is Cc1cc(F)cc(-n2c(C)nc(C#Cc3ccnc(Cl)c3)c2C)c1. The van der Waals surface area contributed by atoms with Crippen LogP contribution in [0.2, 0.25) is 5.15 Å². The topological polar surface area (TPSA) is 30.7 Å². The standard InChI is InChI=1S/C19H15ClFN3/c1-12-8-16(21)11-17(9-12)24-13(2)18(23-14(24)3)5-4-15-6-7-22-19(20)10-15/h6-11H,1-3H3. The van der Waals surface area contributed by atoms with Crippen LogP contribution in [0.15, 0.2) is 36.5 Å². The second-order valence-corrected chi connectivity index (χ2v) is 5.92. The normalized spacial score (nSPS) is 10.4. The van der Waals surface area contributed by atoms with Gasteiger partial charge in [-0.2, -0.15) is 0 Å². The second-order valence-electron chi connectivity index (χ2n) is 5.53. The number of pyridine rings is 1. The number of rotatable bonds is 1. The van der Waals surface area contributed by atoms with Gasteiger partial charge in [0.1, 0.15) is 22.5 Å². The molecular formula is C19H15ClFN3. The van der Waals surface area contributed by atoms with E-state index in [2.05, 4.69) is 21.8 Å². The summed E-state index contributed by atoms with van der Waals surface area (Å²) in [6.07, 6.45) is 1.61. The minimum Gasteiger partial charge on any atom is -0.300 e. The van der Waals surface area contributed by atoms with Crippen molar-refractivity contribution >= 4 is 11.6 Å². The zero-order valence-electron chi connectivity index (χ0n) is 13.6. The first kappa shape index (κ1) is 16.2. The van der Waals surface area contributed by atoms with E-state index < -0.39 is 0 Å². The van der Waals surface area contributed by atoms with Crippen LogP contribution in [0.3, 0.4) is 0 Å². The minimum atomic E-state index is -0.267. The highest BCUT2D eigenvalue weighted by atomic mass is 35.5. The molecule has 120 valence electrons. The monoisotopic (exact) mass is 339 g/mol. The van der Waals surface area contributed by atoms with Crippen LogP contribution in [-0.4, -0.2) is 14.5 Å². The smallest absolute Gasteiger partial charge is 0.135 e. The van der Waals surface area contributed by atoms with Crippen LogP contribution in [0.25, 0.3) is 5.69 Å². The number of aryl methyl sites for hydroxylation is 2. The number of hydrogen-bond acceptors (Lipinski definition) is 2. The van der Waals surface area contributed by atoms with Crippen molar-refractivity contribution in [1.82, 2.24) is 14.5 Å². The van der Waals surface area contributed by atoms with E-state index in [1.54, 1.807) is 18.3 Å². The molecule has 2 heterocycles. The molecule has 0 atom stereocenters. The number of aromatic nitrogens is 3. The zero-order chi connectivity index (χ0) is 17.3. The summed E-state index contributed by atoms with van der Waals surface area (Å²) in [5.74, 6) is 6.58. The molecule has 0 saturated heterocycles. The lowest BCUT2D eigenvalue weighted by atomic mass is 10.2. The van der Waals surface area contributed by atoms with E-state index in [0.717, 1.165) is 28.3 Å². The van der Waals surface area contributed by atoms with E-state index in [0.29, 0.717) is 10.8 Å². The Kier molecular flexibility index (Phi) is 4.37. The van der Waals surface area contributed by atoms with Crippen molar-refractivity contribution in [1.29, 1.82) is 0 Å². The Bertz CT molecular complexity index is 960. The molecule has 0 bridgehead atoms. The summed E-state index contributed by atoms with van der Waals surface area (Å²) in [7, 11) is 0. The van der Waals surface area contributed by atoms with Gasteiger partial charge in [0.05, 0.1) is 11.4 Å². The van der Waals surface area contributed by atoms with Gasteiger partial charge in [-0.05, 0) is 62.6 Å². The lowest BCUT2D eigenvalue weighted by Crippen LogP contribution is -2.00. The lowest BCUT2D eigenvalue weighted by Gasteiger charge is -2.09. The third-order valence-electron chi connectivity index (χ3n) is 3.61. The van der Waals surface area contributed by atoms with Gasteiger partial charge in [-0.1, -0.05) is 17.5 Å². The molecule has 3 aromatic rings. The van der Waals surface area contributed by atoms with Crippen LogP contribution in [0.5, 0.6) is 0 Å². The van der Waals surface area contributed by atoms with Gasteiger partial charge in [-0.3, -0.25) is 4.57 Å². The molecule has 2 aromatic heterocycles. The molecule has 0 amide bonds. The Hall–Kier alpha value is -2.64. The van der Waals surface area contributed by atoms with Gasteiger partial charge in [0.25, 0.3) is 0 Å². The van der Waals surface area contributed by atoms with E-state index in [1.165, 1.54) is 12.1 Å². The average Bonchev–Trinajstić information content (AvgIpc) is 2.78. The summed E-state index contributed by atoms with van der Waals surface area (Å²) >= 11 is 5.86. The van der Waals surface area contributed by atoms with Gasteiger partial charge in [-0.25, -0.2) is 14.4 Å². The summed E-state index contributed by atoms with van der Waals surface area (Å²) in [6, 6.07) is 8.40. The highest BCUT2D eigenvalue weighted by Gasteiger charge is 2.12. The molecule has 24 heavy (non-hydrogen) atoms. The predicted molar refractivity (Wildman–Crippen MR) is 93.0 cm³/mol. The van der Waals surface area contributed by atoms with Crippen molar-refractivity contribution in [3.63, 3.8) is 0 Å². The maximum absolute atomic E-state index is 13.7. The molecule has 0 saturated carbocycles. The minimum absolute atomic E-state index is 0.267. The fraction of sp³-hybridized carbons (Fsp3) is 0.158. The molecule has 3 rings (SSSR count). The Balaban J connectivity index is 2.04. The average molecular weight is 340 g/mol. The molecule has 0 aliphatic carbocycles. The maximum Gasteiger partial charge on any atom is 0.135 e. The molecule has 0 N–H and O–H groups in total. The number of imidazole rings is 1. The van der Waals surface area contributed by atoms with Gasteiger partial charge >= 0.3 is 0 Å². The number of benzene rings is 1. The van der Waals surface area contributed by atoms with Gasteiger partial charge in [-0.15, -0.1) is 0 Å². The predicted octanol–water partition coefficient (Wildman–Crippen LogP) is 4.38. The van der Waals surface area contributed by atoms with Crippen LogP contribution in [0, 0.1) is 38.4 Å². The van der Waals surface area contributed by atoms with Gasteiger partial charge in [0, 0.05) is 11.8 Å². The molecule has 0 fully saturated rings. The molecule has 0 aliphatic rings. The fourth-order valence-corrected chi connectivity index (χ4v) is 2.77. The summed E-state index contributed by atoms with van der Waals surface area (Å²) in [6.45, 7) is 5.66. The molecule has 3 nitrogen and oxygen atoms in total. The third-order valence-corrected chi connectivity index (χ3v) is 3.82. The highest BCUT2D eigenvalue weighted by molar-refractivity contribution is 6.29. The largest absolute Gasteiger partial charge is 0.300 e. The van der Waals surface area contributed by atoms with Crippen molar-refractivity contribution in [2.45, 2.75) is 20.8 Å². The highest BCUT2D eigenvalue weighted by Crippen LogP contribution is 2.20. The summed E-state index contributed by atoms with van der Waals surface area (Å²) in [5.41, 5.74) is 3.89. The van der Waals surface area contributed by atoms with Crippen LogP contribution in [0.4, 0.5) is 4.39 Å². The maximum atomic E-state index is 13.7. The van der Waals surface area contributed by atoms with Crippen molar-refractivity contribution in [3.8, 4) is 17.5 Å². The van der Waals surface area contributed by atoms with Gasteiger partial charge in [0.2, 0.25) is 0 Å². The summed E-state index contributed by atoms with van der Waals surface area (Å²) < 4.78 is 15.6. The van der Waals surface area contributed by atoms with E-state index in [-0.39, 0.29) is 5.82 Å². The molecule has 0 radical (unpaired) electrons. The molecule has 0 aliphatic heterocycles. The second kappa shape index (κ2) is 6.46. The van der Waals surface area contributed by atoms with Crippen molar-refractivity contribution in [3.05, 3.63) is 75.8 Å². The van der Waals surface area contributed by atoms with E-state index in [1.807, 2.05) is 31.4 Å². The lowest BCUT2D eigenvalue weighted by molar-refractivity contribution is 0.625. The van der Waals surface area contributed by atoms with Crippen LogP contribution in [0.1, 0.15) is 28.3 Å². The third kappa shape index (κ3) is 3.32. The van der Waals surface area contributed by atoms with Gasteiger partial charge < -0.3 is 0 Å². The molecular weight excluding hydrogens is 325 g/mol. The first-order valence-electron chi connectivity index (χ1n) is 7.41. The van der Waals surface area contributed by atoms with Gasteiger partial charge in [0.15, 0.2) is 0 Å². The zero-order valence-corrected chi connectivity index (χ0v) is 14.3. The summed E-state index contributed by atoms with van der Waals surface area (Å²) in [5, 5.41) is 0.399. The Morgan fingerprint density at radius 3 is 2.58 bits per heavy atom. The number of halogens is 2. The quantitative estimate of drug-likeness (QED) is 0.486. The van der Waals surface area contributed by atoms with Crippen molar-refractivity contribution in [2.75, 3.05) is 0 Å². The van der Waals surface area contributed by atoms with Crippen molar-refractivity contribution in [2.24, 2.45) is 0 Å². The van der Waals surface area contributed by atoms with Crippen LogP contribution >= 0.6 is 11.6 Å². The first-order chi connectivity index (χ1) is 11.4. The number of hydrogen-bond donors (Lipinski definition) is 0. The Morgan fingerprint density at radius 1 is 1.08 bits per heavy atom. The molecule has 0 unspecified atom stereocenters. The van der Waals surface area contributed by atoms with Crippen LogP contribution in [-0.2, 0) is 0 Å². The Morgan fingerprint density at radius 2 is 1.88 bits per heavy atom. The van der Waals surface area contributed by atoms with E-state index in [4.69, 9.17) is 11.6 Å². The first-order valence-corrected chi connectivity index (χ1v) is 7.79. The number of nitrogens with zero attached hydrogens (tertiary/aromatic N) is 3. The molecule has 1 aromatic carbocycles. The summed E-state index contributed by atoms with van der Waals surface area (Å²) in [4.78, 5) is 8.43. The molecule has 0 spiro atoms. The van der Waals surface area contributed by atoms with Crippen LogP contribution < -0.4 is 0 Å². The fourth-order valence-electron chi connectivity index (χ4n) is 2.60. The van der Waals surface area contributed by atoms with E-state index in [9.17, 15) is 4.39 Å². The van der Waals surface area contributed by atoms with E-state index >= 15 is 0 Å². The molecule has 5 heteroatoms. The Labute approximate surface area is 145 Å².